The van der Waals surface area contributed by atoms with Gasteiger partial charge in [-0.25, -0.2) is 4.79 Å². The average molecular weight is 243 g/mol. The first kappa shape index (κ1) is 14.3. The molecule has 1 fully saturated rings. The van der Waals surface area contributed by atoms with Gasteiger partial charge in [0.25, 0.3) is 0 Å². The van der Waals surface area contributed by atoms with E-state index in [-0.39, 0.29) is 12.1 Å². The SMILES string of the molecule is CC(C)(C)OC(=O)NCCN1CCCC(N)C1. The van der Waals surface area contributed by atoms with E-state index in [1.54, 1.807) is 0 Å². The third-order valence-corrected chi connectivity index (χ3v) is 2.64. The number of nitrogens with one attached hydrogen (secondary N) is 1. The van der Waals surface area contributed by atoms with Gasteiger partial charge in [-0.3, -0.25) is 0 Å². The molecule has 0 aromatic carbocycles. The molecule has 0 spiro atoms. The van der Waals surface area contributed by atoms with Crippen molar-refractivity contribution in [2.45, 2.75) is 45.3 Å². The Balaban J connectivity index is 2.13. The fourth-order valence-corrected chi connectivity index (χ4v) is 1.92. The highest BCUT2D eigenvalue weighted by molar-refractivity contribution is 5.67. The number of piperidine rings is 1. The molecule has 1 atom stereocenters. The first-order chi connectivity index (χ1) is 7.87. The van der Waals surface area contributed by atoms with E-state index >= 15 is 0 Å². The summed E-state index contributed by atoms with van der Waals surface area (Å²) < 4.78 is 5.15. The number of nitrogens with zero attached hydrogens (tertiary/aromatic N) is 1. The van der Waals surface area contributed by atoms with Gasteiger partial charge >= 0.3 is 6.09 Å². The standard InChI is InChI=1S/C12H25N3O2/c1-12(2,3)17-11(16)14-6-8-15-7-4-5-10(13)9-15/h10H,4-9,13H2,1-3H3,(H,14,16). The van der Waals surface area contributed by atoms with E-state index in [0.717, 1.165) is 32.5 Å². The molecule has 0 aromatic rings. The number of hydrogen-bond acceptors (Lipinski definition) is 4. The molecular formula is C12H25N3O2. The Morgan fingerprint density at radius 3 is 2.82 bits per heavy atom. The van der Waals surface area contributed by atoms with E-state index in [1.807, 2.05) is 20.8 Å². The molecule has 100 valence electrons. The summed E-state index contributed by atoms with van der Waals surface area (Å²) in [5.74, 6) is 0. The highest BCUT2D eigenvalue weighted by Crippen LogP contribution is 2.08. The molecule has 1 aliphatic heterocycles. The minimum absolute atomic E-state index is 0.283. The van der Waals surface area contributed by atoms with Gasteiger partial charge in [0, 0.05) is 25.7 Å². The lowest BCUT2D eigenvalue weighted by Gasteiger charge is -2.30. The first-order valence-electron chi connectivity index (χ1n) is 6.31. The molecule has 17 heavy (non-hydrogen) atoms. The van der Waals surface area contributed by atoms with Crippen LogP contribution in [0.5, 0.6) is 0 Å². The molecule has 3 N–H and O–H groups in total. The number of nitrogens with two attached hydrogens (primary N) is 1. The van der Waals surface area contributed by atoms with Crippen molar-refractivity contribution < 1.29 is 9.53 Å². The summed E-state index contributed by atoms with van der Waals surface area (Å²) in [5.41, 5.74) is 5.45. The smallest absolute Gasteiger partial charge is 0.407 e. The maximum absolute atomic E-state index is 11.4. The lowest BCUT2D eigenvalue weighted by atomic mass is 10.1. The Morgan fingerprint density at radius 1 is 1.53 bits per heavy atom. The van der Waals surface area contributed by atoms with Crippen LogP contribution in [0.25, 0.3) is 0 Å². The van der Waals surface area contributed by atoms with Crippen LogP contribution in [0.15, 0.2) is 0 Å². The van der Waals surface area contributed by atoms with E-state index in [9.17, 15) is 4.79 Å². The Kier molecular flexibility index (Phi) is 5.21. The Hall–Kier alpha value is -0.810. The third-order valence-electron chi connectivity index (χ3n) is 2.64. The van der Waals surface area contributed by atoms with Gasteiger partial charge in [-0.05, 0) is 40.2 Å². The van der Waals surface area contributed by atoms with Crippen LogP contribution in [-0.2, 0) is 4.74 Å². The van der Waals surface area contributed by atoms with Crippen molar-refractivity contribution in [3.05, 3.63) is 0 Å². The number of likely N-dealkylation sites (tertiary alicyclic amines) is 1. The number of rotatable bonds is 3. The largest absolute Gasteiger partial charge is 0.444 e. The predicted octanol–water partition coefficient (Wildman–Crippen LogP) is 0.934. The molecule has 1 rings (SSSR count). The number of hydrogen-bond donors (Lipinski definition) is 2. The van der Waals surface area contributed by atoms with Crippen LogP contribution in [0.2, 0.25) is 0 Å². The van der Waals surface area contributed by atoms with Gasteiger partial charge in [-0.15, -0.1) is 0 Å². The van der Waals surface area contributed by atoms with E-state index in [4.69, 9.17) is 10.5 Å². The average Bonchev–Trinajstić information content (AvgIpc) is 2.14. The second-order valence-corrected chi connectivity index (χ2v) is 5.63. The molecule has 1 amide bonds. The van der Waals surface area contributed by atoms with Crippen molar-refractivity contribution in [2.24, 2.45) is 5.73 Å². The van der Waals surface area contributed by atoms with Crippen LogP contribution in [0.1, 0.15) is 33.6 Å². The summed E-state index contributed by atoms with van der Waals surface area (Å²) in [6, 6.07) is 0.283. The number of alkyl carbamates (subject to hydrolysis) is 1. The normalized spacial score (nSPS) is 22.2. The molecule has 5 nitrogen and oxygen atoms in total. The number of carbonyl (C=O) groups is 1. The predicted molar refractivity (Wildman–Crippen MR) is 67.9 cm³/mol. The number of ether oxygens (including phenoxy) is 1. The van der Waals surface area contributed by atoms with E-state index in [1.165, 1.54) is 0 Å². The van der Waals surface area contributed by atoms with Gasteiger partial charge in [-0.2, -0.15) is 0 Å². The van der Waals surface area contributed by atoms with Gasteiger partial charge in [0.15, 0.2) is 0 Å². The van der Waals surface area contributed by atoms with Crippen LogP contribution in [0.4, 0.5) is 4.79 Å². The second kappa shape index (κ2) is 6.21. The molecule has 0 aliphatic carbocycles. The monoisotopic (exact) mass is 243 g/mol. The fraction of sp³-hybridized carbons (Fsp3) is 0.917. The lowest BCUT2D eigenvalue weighted by molar-refractivity contribution is 0.0520. The first-order valence-corrected chi connectivity index (χ1v) is 6.31. The topological polar surface area (TPSA) is 67.6 Å². The Morgan fingerprint density at radius 2 is 2.24 bits per heavy atom. The maximum Gasteiger partial charge on any atom is 0.407 e. The molecule has 0 bridgehead atoms. The van der Waals surface area contributed by atoms with Gasteiger partial charge in [-0.1, -0.05) is 0 Å². The highest BCUT2D eigenvalue weighted by atomic mass is 16.6. The van der Waals surface area contributed by atoms with Crippen LogP contribution in [0.3, 0.4) is 0 Å². The van der Waals surface area contributed by atoms with Gasteiger partial charge in [0.05, 0.1) is 0 Å². The molecule has 1 aliphatic rings. The van der Waals surface area contributed by atoms with Gasteiger partial charge < -0.3 is 20.7 Å². The zero-order valence-electron chi connectivity index (χ0n) is 11.2. The zero-order valence-corrected chi connectivity index (χ0v) is 11.2. The van der Waals surface area contributed by atoms with Crippen molar-refractivity contribution in [2.75, 3.05) is 26.2 Å². The van der Waals surface area contributed by atoms with Crippen LogP contribution in [0, 0.1) is 0 Å². The minimum atomic E-state index is -0.433. The second-order valence-electron chi connectivity index (χ2n) is 5.63. The maximum atomic E-state index is 11.4. The lowest BCUT2D eigenvalue weighted by Crippen LogP contribution is -2.46. The van der Waals surface area contributed by atoms with E-state index < -0.39 is 5.60 Å². The minimum Gasteiger partial charge on any atom is -0.444 e. The van der Waals surface area contributed by atoms with Crippen LogP contribution in [-0.4, -0.2) is 48.8 Å². The summed E-state index contributed by atoms with van der Waals surface area (Å²) >= 11 is 0. The summed E-state index contributed by atoms with van der Waals surface area (Å²) in [6.07, 6.45) is 1.91. The summed E-state index contributed by atoms with van der Waals surface area (Å²) in [5, 5.41) is 2.76. The summed E-state index contributed by atoms with van der Waals surface area (Å²) in [4.78, 5) is 13.7. The number of carbonyl (C=O) groups excluding carboxylic acids is 1. The summed E-state index contributed by atoms with van der Waals surface area (Å²) in [6.45, 7) is 9.02. The summed E-state index contributed by atoms with van der Waals surface area (Å²) in [7, 11) is 0. The fourth-order valence-electron chi connectivity index (χ4n) is 1.92. The van der Waals surface area contributed by atoms with Gasteiger partial charge in [0.1, 0.15) is 5.60 Å². The van der Waals surface area contributed by atoms with Crippen LogP contribution < -0.4 is 11.1 Å². The quantitative estimate of drug-likeness (QED) is 0.774. The van der Waals surface area contributed by atoms with Crippen molar-refractivity contribution in [3.8, 4) is 0 Å². The van der Waals surface area contributed by atoms with E-state index in [2.05, 4.69) is 10.2 Å². The molecule has 0 saturated carbocycles. The molecule has 1 unspecified atom stereocenters. The molecule has 0 radical (unpaired) electrons. The van der Waals surface area contributed by atoms with E-state index in [0.29, 0.717) is 6.54 Å². The van der Waals surface area contributed by atoms with Crippen molar-refractivity contribution >= 4 is 6.09 Å². The van der Waals surface area contributed by atoms with Crippen molar-refractivity contribution in [1.29, 1.82) is 0 Å². The molecular weight excluding hydrogens is 218 g/mol. The van der Waals surface area contributed by atoms with Gasteiger partial charge in [0.2, 0.25) is 0 Å². The highest BCUT2D eigenvalue weighted by Gasteiger charge is 2.18. The molecule has 1 saturated heterocycles. The molecule has 1 heterocycles. The van der Waals surface area contributed by atoms with Crippen LogP contribution >= 0.6 is 0 Å². The Labute approximate surface area is 104 Å². The third kappa shape index (κ3) is 6.48. The van der Waals surface area contributed by atoms with Crippen molar-refractivity contribution in [1.82, 2.24) is 10.2 Å². The Bertz CT molecular complexity index is 251. The number of amides is 1. The molecule has 5 heteroatoms. The molecule has 0 aromatic heterocycles. The van der Waals surface area contributed by atoms with Crippen molar-refractivity contribution in [3.63, 3.8) is 0 Å². The zero-order chi connectivity index (χ0) is 12.9.